The van der Waals surface area contributed by atoms with Gasteiger partial charge in [-0.05, 0) is 24.9 Å². The monoisotopic (exact) mass is 226 g/mol. The molecule has 0 saturated heterocycles. The molecule has 0 saturated carbocycles. The Kier molecular flexibility index (Phi) is 2.74. The van der Waals surface area contributed by atoms with E-state index in [1.54, 1.807) is 6.92 Å². The maximum Gasteiger partial charge on any atom is 0.271 e. The number of rotatable bonds is 3. The molecule has 2 aromatic rings. The van der Waals surface area contributed by atoms with Crippen molar-refractivity contribution in [1.29, 1.82) is 0 Å². The fraction of sp³-hybridized carbons (Fsp3) is 0.500. The third kappa shape index (κ3) is 1.88. The number of aliphatic hydroxyl groups is 1. The highest BCUT2D eigenvalue weighted by molar-refractivity contribution is 7.09. The average molecular weight is 226 g/mol. The summed E-state index contributed by atoms with van der Waals surface area (Å²) < 4.78 is 8.85. The summed E-state index contributed by atoms with van der Waals surface area (Å²) in [5.74, 6) is 0.651. The molecule has 6 nitrogen and oxygen atoms in total. The molecule has 2 rings (SSSR count). The van der Waals surface area contributed by atoms with Crippen molar-refractivity contribution in [1.82, 2.24) is 19.7 Å². The quantitative estimate of drug-likeness (QED) is 0.846. The first-order valence-electron chi connectivity index (χ1n) is 4.55. The lowest BCUT2D eigenvalue weighted by Gasteiger charge is -1.92. The Morgan fingerprint density at radius 3 is 2.93 bits per heavy atom. The summed E-state index contributed by atoms with van der Waals surface area (Å²) in [7, 11) is 0. The van der Waals surface area contributed by atoms with Crippen molar-refractivity contribution in [3.63, 3.8) is 0 Å². The number of hydrogen-bond acceptors (Lipinski definition) is 7. The average Bonchev–Trinajstić information content (AvgIpc) is 2.85. The molecule has 0 radical (unpaired) electrons. The number of aryl methyl sites for hydroxylation is 1. The summed E-state index contributed by atoms with van der Waals surface area (Å²) in [5.41, 5.74) is 0.834. The lowest BCUT2D eigenvalue weighted by Crippen LogP contribution is -1.93. The van der Waals surface area contributed by atoms with Gasteiger partial charge < -0.3 is 9.63 Å². The van der Waals surface area contributed by atoms with E-state index in [0.29, 0.717) is 5.89 Å². The molecule has 80 valence electrons. The van der Waals surface area contributed by atoms with Crippen LogP contribution in [0.25, 0.3) is 10.8 Å². The van der Waals surface area contributed by atoms with Crippen LogP contribution in [0.2, 0.25) is 0 Å². The molecule has 0 fully saturated rings. The second-order valence-electron chi connectivity index (χ2n) is 3.04. The highest BCUT2D eigenvalue weighted by atomic mass is 32.1. The van der Waals surface area contributed by atoms with Crippen LogP contribution < -0.4 is 0 Å². The molecule has 0 aliphatic carbocycles. The number of hydrogen-bond donors (Lipinski definition) is 1. The van der Waals surface area contributed by atoms with E-state index in [4.69, 9.17) is 4.52 Å². The second-order valence-corrected chi connectivity index (χ2v) is 3.79. The summed E-state index contributed by atoms with van der Waals surface area (Å²) >= 11 is 1.21. The van der Waals surface area contributed by atoms with E-state index in [2.05, 4.69) is 19.7 Å². The third-order valence-corrected chi connectivity index (χ3v) is 2.66. The normalized spacial score (nSPS) is 13.0. The van der Waals surface area contributed by atoms with Crippen molar-refractivity contribution in [3.05, 3.63) is 11.5 Å². The van der Waals surface area contributed by atoms with Gasteiger partial charge >= 0.3 is 0 Å². The first-order valence-corrected chi connectivity index (χ1v) is 5.33. The Hall–Kier alpha value is -1.34. The first-order chi connectivity index (χ1) is 7.22. The molecule has 0 aliphatic heterocycles. The Labute approximate surface area is 90.1 Å². The SMILES string of the molecule is CCc1nnsc1-c1nc(C(C)O)no1. The van der Waals surface area contributed by atoms with Crippen LogP contribution in [0.3, 0.4) is 0 Å². The molecule has 1 atom stereocenters. The van der Waals surface area contributed by atoms with Crippen LogP contribution in [0.4, 0.5) is 0 Å². The fourth-order valence-corrected chi connectivity index (χ4v) is 1.77. The van der Waals surface area contributed by atoms with E-state index in [1.807, 2.05) is 6.92 Å². The number of nitrogens with zero attached hydrogens (tertiary/aromatic N) is 4. The van der Waals surface area contributed by atoms with Gasteiger partial charge in [0.15, 0.2) is 5.82 Å². The molecule has 0 spiro atoms. The van der Waals surface area contributed by atoms with Gasteiger partial charge in [0, 0.05) is 0 Å². The van der Waals surface area contributed by atoms with Gasteiger partial charge in [0.25, 0.3) is 5.89 Å². The lowest BCUT2D eigenvalue weighted by molar-refractivity contribution is 0.184. The van der Waals surface area contributed by atoms with E-state index in [0.717, 1.165) is 17.0 Å². The summed E-state index contributed by atoms with van der Waals surface area (Å²) in [6.07, 6.45) is 0.0338. The van der Waals surface area contributed by atoms with Crippen LogP contribution in [0.1, 0.15) is 31.5 Å². The van der Waals surface area contributed by atoms with Gasteiger partial charge in [0.05, 0.1) is 5.69 Å². The van der Waals surface area contributed by atoms with Crippen molar-refractivity contribution in [2.45, 2.75) is 26.4 Å². The predicted octanol–water partition coefficient (Wildman–Crippen LogP) is 1.20. The molecule has 0 bridgehead atoms. The minimum atomic E-state index is -0.728. The van der Waals surface area contributed by atoms with Gasteiger partial charge in [-0.15, -0.1) is 5.10 Å². The molecular formula is C8H10N4O2S. The third-order valence-electron chi connectivity index (χ3n) is 1.90. The molecule has 1 N–H and O–H groups in total. The maximum absolute atomic E-state index is 9.25. The molecule has 0 aromatic carbocycles. The van der Waals surface area contributed by atoms with Crippen LogP contribution in [0, 0.1) is 0 Å². The maximum atomic E-state index is 9.25. The lowest BCUT2D eigenvalue weighted by atomic mass is 10.3. The zero-order chi connectivity index (χ0) is 10.8. The number of aromatic nitrogens is 4. The zero-order valence-electron chi connectivity index (χ0n) is 8.34. The molecular weight excluding hydrogens is 216 g/mol. The van der Waals surface area contributed by atoms with E-state index < -0.39 is 6.10 Å². The van der Waals surface area contributed by atoms with Crippen LogP contribution >= 0.6 is 11.5 Å². The summed E-state index contributed by atoms with van der Waals surface area (Å²) in [4.78, 5) is 4.84. The zero-order valence-corrected chi connectivity index (χ0v) is 9.15. The van der Waals surface area contributed by atoms with Crippen molar-refractivity contribution in [3.8, 4) is 10.8 Å². The molecule has 0 amide bonds. The van der Waals surface area contributed by atoms with Crippen LogP contribution in [0.5, 0.6) is 0 Å². The highest BCUT2D eigenvalue weighted by Crippen LogP contribution is 2.25. The molecule has 2 aromatic heterocycles. The Bertz CT molecular complexity index is 451. The molecule has 7 heteroatoms. The molecule has 15 heavy (non-hydrogen) atoms. The summed E-state index contributed by atoms with van der Waals surface area (Å²) in [6, 6.07) is 0. The Morgan fingerprint density at radius 1 is 1.53 bits per heavy atom. The number of aliphatic hydroxyl groups excluding tert-OH is 1. The van der Waals surface area contributed by atoms with Gasteiger partial charge in [-0.3, -0.25) is 0 Å². The minimum absolute atomic E-state index is 0.278. The van der Waals surface area contributed by atoms with Gasteiger partial charge in [-0.2, -0.15) is 4.98 Å². The Balaban J connectivity index is 2.37. The molecule has 1 unspecified atom stereocenters. The van der Waals surface area contributed by atoms with Crippen LogP contribution in [-0.4, -0.2) is 24.8 Å². The van der Waals surface area contributed by atoms with E-state index in [1.165, 1.54) is 11.5 Å². The van der Waals surface area contributed by atoms with Crippen molar-refractivity contribution >= 4 is 11.5 Å². The minimum Gasteiger partial charge on any atom is -0.385 e. The largest absolute Gasteiger partial charge is 0.385 e. The summed E-state index contributed by atoms with van der Waals surface area (Å²) in [5, 5.41) is 16.9. The molecule has 2 heterocycles. The first kappa shape index (κ1) is 10.2. The van der Waals surface area contributed by atoms with Gasteiger partial charge in [0.2, 0.25) is 0 Å². The van der Waals surface area contributed by atoms with Gasteiger partial charge in [-0.1, -0.05) is 16.6 Å². The smallest absolute Gasteiger partial charge is 0.271 e. The Morgan fingerprint density at radius 2 is 2.33 bits per heavy atom. The fourth-order valence-electron chi connectivity index (χ4n) is 1.10. The van der Waals surface area contributed by atoms with Crippen molar-refractivity contribution in [2.24, 2.45) is 0 Å². The van der Waals surface area contributed by atoms with E-state index in [-0.39, 0.29) is 5.82 Å². The highest BCUT2D eigenvalue weighted by Gasteiger charge is 2.17. The van der Waals surface area contributed by atoms with Gasteiger partial charge in [0.1, 0.15) is 11.0 Å². The van der Waals surface area contributed by atoms with Crippen molar-refractivity contribution in [2.75, 3.05) is 0 Å². The van der Waals surface area contributed by atoms with Gasteiger partial charge in [-0.25, -0.2) is 0 Å². The topological polar surface area (TPSA) is 84.9 Å². The summed E-state index contributed by atoms with van der Waals surface area (Å²) in [6.45, 7) is 3.56. The van der Waals surface area contributed by atoms with Crippen LogP contribution in [-0.2, 0) is 6.42 Å². The predicted molar refractivity (Wildman–Crippen MR) is 53.2 cm³/mol. The van der Waals surface area contributed by atoms with Crippen LogP contribution in [0.15, 0.2) is 4.52 Å². The van der Waals surface area contributed by atoms with E-state index >= 15 is 0 Å². The standard InChI is InChI=1S/C8H10N4O2S/c1-3-5-6(15-12-10-5)8-9-7(4(2)13)11-14-8/h4,13H,3H2,1-2H3. The van der Waals surface area contributed by atoms with Crippen molar-refractivity contribution < 1.29 is 9.63 Å². The second kappa shape index (κ2) is 4.03. The molecule has 0 aliphatic rings. The van der Waals surface area contributed by atoms with E-state index in [9.17, 15) is 5.11 Å².